The van der Waals surface area contributed by atoms with Crippen LogP contribution in [0.2, 0.25) is 0 Å². The molecule has 12 heteroatoms. The quantitative estimate of drug-likeness (QED) is 0.363. The summed E-state index contributed by atoms with van der Waals surface area (Å²) in [5, 5.41) is 3.28. The van der Waals surface area contributed by atoms with Crippen LogP contribution < -0.4 is 5.32 Å². The number of nitrogens with zero attached hydrogens (tertiary/aromatic N) is 4. The Morgan fingerprint density at radius 1 is 1.15 bits per heavy atom. The fourth-order valence-electron chi connectivity index (χ4n) is 5.74. The molecule has 0 atom stereocenters. The molecule has 0 bridgehead atoms. The molecule has 41 heavy (non-hydrogen) atoms. The summed E-state index contributed by atoms with van der Waals surface area (Å²) < 4.78 is 47.8. The number of anilines is 2. The molecule has 0 spiro atoms. The minimum Gasteiger partial charge on any atom is -0.377 e. The third-order valence-electron chi connectivity index (χ3n) is 8.31. The summed E-state index contributed by atoms with van der Waals surface area (Å²) in [6, 6.07) is 6.10. The summed E-state index contributed by atoms with van der Waals surface area (Å²) in [6.45, 7) is 6.64. The summed E-state index contributed by atoms with van der Waals surface area (Å²) in [5.41, 5.74) is 3.51. The Kier molecular flexibility index (Phi) is 7.00. The molecule has 0 radical (unpaired) electrons. The summed E-state index contributed by atoms with van der Waals surface area (Å²) >= 11 is 2.57. The maximum Gasteiger partial charge on any atom is 0.420 e. The van der Waals surface area contributed by atoms with Crippen LogP contribution in [0.4, 0.5) is 24.8 Å². The van der Waals surface area contributed by atoms with Crippen molar-refractivity contribution in [2.24, 2.45) is 0 Å². The number of hydrogen-bond donors (Lipinski definition) is 1. The predicted octanol–water partition coefficient (Wildman–Crippen LogP) is 6.17. The van der Waals surface area contributed by atoms with Gasteiger partial charge >= 0.3 is 6.18 Å². The van der Waals surface area contributed by atoms with Gasteiger partial charge in [-0.1, -0.05) is 13.0 Å². The van der Waals surface area contributed by atoms with Crippen LogP contribution in [-0.4, -0.2) is 70.3 Å². The summed E-state index contributed by atoms with van der Waals surface area (Å²) in [4.78, 5) is 27.6. The van der Waals surface area contributed by atoms with Gasteiger partial charge in [-0.25, -0.2) is 9.97 Å². The lowest BCUT2D eigenvalue weighted by Crippen LogP contribution is -2.52. The van der Waals surface area contributed by atoms with Crippen molar-refractivity contribution in [1.29, 1.82) is 0 Å². The zero-order valence-corrected chi connectivity index (χ0v) is 24.2. The molecule has 0 unspecified atom stereocenters. The Morgan fingerprint density at radius 2 is 1.98 bits per heavy atom. The smallest absolute Gasteiger partial charge is 0.377 e. The monoisotopic (exact) mass is 601 g/mol. The first kappa shape index (κ1) is 27.2. The highest BCUT2D eigenvalue weighted by Gasteiger charge is 2.38. The van der Waals surface area contributed by atoms with E-state index in [0.717, 1.165) is 62.1 Å². The number of nitrogens with one attached hydrogen (secondary N) is 1. The summed E-state index contributed by atoms with van der Waals surface area (Å²) in [6.07, 6.45) is -0.659. The molecule has 7 nitrogen and oxygen atoms in total. The largest absolute Gasteiger partial charge is 0.420 e. The van der Waals surface area contributed by atoms with Gasteiger partial charge in [0.05, 0.1) is 29.8 Å². The lowest BCUT2D eigenvalue weighted by Gasteiger charge is -2.36. The number of thiophene rings is 1. The van der Waals surface area contributed by atoms with Crippen molar-refractivity contribution in [2.45, 2.75) is 55.8 Å². The molecule has 2 fully saturated rings. The van der Waals surface area contributed by atoms with Crippen molar-refractivity contribution in [1.82, 2.24) is 19.8 Å². The minimum absolute atomic E-state index is 0.0162. The number of alkyl halides is 3. The summed E-state index contributed by atoms with van der Waals surface area (Å²) in [7, 11) is 0. The third kappa shape index (κ3) is 5.24. The molecular weight excluding hydrogens is 571 g/mol. The lowest BCUT2D eigenvalue weighted by molar-refractivity contribution is -0.137. The van der Waals surface area contributed by atoms with E-state index >= 15 is 0 Å². The van der Waals surface area contributed by atoms with Crippen LogP contribution in [0, 0.1) is 0 Å². The van der Waals surface area contributed by atoms with E-state index in [2.05, 4.69) is 39.2 Å². The number of thioether (sulfide) groups is 1. The number of benzene rings is 1. The zero-order chi connectivity index (χ0) is 28.3. The molecule has 5 heterocycles. The molecule has 1 aromatic carbocycles. The Balaban J connectivity index is 1.25. The average molecular weight is 602 g/mol. The molecule has 216 valence electrons. The van der Waals surface area contributed by atoms with Crippen LogP contribution in [0.25, 0.3) is 10.6 Å². The number of fused-ring (bicyclic) bond motifs is 2. The van der Waals surface area contributed by atoms with E-state index in [9.17, 15) is 18.0 Å². The molecule has 3 aliphatic heterocycles. The number of hydrogen-bond acceptors (Lipinski definition) is 8. The molecule has 1 aliphatic carbocycles. The van der Waals surface area contributed by atoms with Crippen molar-refractivity contribution >= 4 is 40.6 Å². The van der Waals surface area contributed by atoms with Gasteiger partial charge in [0.15, 0.2) is 0 Å². The second-order valence-corrected chi connectivity index (χ2v) is 13.2. The van der Waals surface area contributed by atoms with Crippen molar-refractivity contribution in [2.75, 3.05) is 43.9 Å². The van der Waals surface area contributed by atoms with Crippen molar-refractivity contribution in [3.8, 4) is 10.6 Å². The highest BCUT2D eigenvalue weighted by molar-refractivity contribution is 7.99. The molecule has 4 aliphatic rings. The van der Waals surface area contributed by atoms with Gasteiger partial charge in [0.1, 0.15) is 10.4 Å². The van der Waals surface area contributed by atoms with Gasteiger partial charge in [-0.15, -0.1) is 23.1 Å². The molecule has 3 aromatic rings. The van der Waals surface area contributed by atoms with Gasteiger partial charge in [-0.2, -0.15) is 13.2 Å². The van der Waals surface area contributed by atoms with Gasteiger partial charge in [0, 0.05) is 42.2 Å². The van der Waals surface area contributed by atoms with Crippen LogP contribution in [0.15, 0.2) is 29.3 Å². The van der Waals surface area contributed by atoms with Crippen molar-refractivity contribution in [3.05, 3.63) is 51.5 Å². The number of ether oxygens (including phenoxy) is 1. The summed E-state index contributed by atoms with van der Waals surface area (Å²) in [5.74, 6) is 1.08. The van der Waals surface area contributed by atoms with Gasteiger partial charge in [-0.05, 0) is 60.5 Å². The van der Waals surface area contributed by atoms with Gasteiger partial charge in [-0.3, -0.25) is 9.69 Å². The number of carbonyl (C=O) groups is 1. The van der Waals surface area contributed by atoms with Crippen LogP contribution in [0.5, 0.6) is 0 Å². The van der Waals surface area contributed by atoms with Crippen LogP contribution in [-0.2, 0) is 23.9 Å². The Bertz CT molecular complexity index is 1500. The molecule has 1 amide bonds. The number of rotatable bonds is 6. The van der Waals surface area contributed by atoms with Gasteiger partial charge in [0.2, 0.25) is 5.95 Å². The van der Waals surface area contributed by atoms with Crippen molar-refractivity contribution in [3.63, 3.8) is 0 Å². The number of likely N-dealkylation sites (N-methyl/N-ethyl adjacent to an activating group) is 1. The van der Waals surface area contributed by atoms with E-state index in [1.54, 1.807) is 11.0 Å². The van der Waals surface area contributed by atoms with E-state index in [1.165, 1.54) is 28.5 Å². The van der Waals surface area contributed by atoms with Gasteiger partial charge < -0.3 is 15.0 Å². The van der Waals surface area contributed by atoms with E-state index < -0.39 is 11.7 Å². The molecule has 2 aromatic heterocycles. The molecular formula is C29H30F3N5O2S2. The lowest BCUT2D eigenvalue weighted by atomic mass is 9.94. The predicted molar refractivity (Wildman–Crippen MR) is 153 cm³/mol. The Morgan fingerprint density at radius 3 is 2.68 bits per heavy atom. The normalized spacial score (nSPS) is 19.9. The average Bonchev–Trinajstić information content (AvgIpc) is 3.70. The number of halogens is 3. The van der Waals surface area contributed by atoms with E-state index in [0.29, 0.717) is 46.1 Å². The molecule has 1 saturated heterocycles. The maximum absolute atomic E-state index is 14.2. The van der Waals surface area contributed by atoms with Crippen LogP contribution in [0.1, 0.15) is 57.6 Å². The standard InChI is InChI=1S/C29H30F3N5O2S2/c1-2-36-6-5-17-10-22(20(16-3-4-16)9-18(17)13-36)34-28-33-12-21(29(30,31)32)25(35-28)23-11-24-26(41-23)27(38)37(7-8-40-24)19-14-39-15-19/h9-12,16,19H,2-8,13-15H2,1H3,(H,33,34,35). The first-order valence-electron chi connectivity index (χ1n) is 14.0. The minimum atomic E-state index is -4.64. The van der Waals surface area contributed by atoms with Crippen LogP contribution in [0.3, 0.4) is 0 Å². The van der Waals surface area contributed by atoms with Gasteiger partial charge in [0.25, 0.3) is 5.91 Å². The van der Waals surface area contributed by atoms with E-state index in [-0.39, 0.29) is 23.6 Å². The number of amides is 1. The molecule has 7 rings (SSSR count). The maximum atomic E-state index is 14.2. The first-order valence-corrected chi connectivity index (χ1v) is 15.8. The number of aromatic nitrogens is 2. The SMILES string of the molecule is CCN1CCc2cc(Nc3ncc(C(F)(F)F)c(-c4cc5c(s4)C(=O)N(C4COC4)CCS5)n3)c(C3CC3)cc2C1. The number of carbonyl (C=O) groups excluding carboxylic acids is 1. The second kappa shape index (κ2) is 10.6. The Labute approximate surface area is 244 Å². The topological polar surface area (TPSA) is 70.6 Å². The fraction of sp³-hybridized carbons (Fsp3) is 0.483. The van der Waals surface area contributed by atoms with Crippen molar-refractivity contribution < 1.29 is 22.7 Å². The molecule has 1 saturated carbocycles. The highest BCUT2D eigenvalue weighted by atomic mass is 32.2. The Hall–Kier alpha value is -2.67. The third-order valence-corrected chi connectivity index (χ3v) is 10.6. The van der Waals surface area contributed by atoms with Crippen LogP contribution >= 0.6 is 23.1 Å². The molecule has 1 N–H and O–H groups in total. The highest BCUT2D eigenvalue weighted by Crippen LogP contribution is 2.46. The van der Waals surface area contributed by atoms with E-state index in [1.807, 2.05) is 0 Å². The second-order valence-electron chi connectivity index (χ2n) is 11.0. The first-order chi connectivity index (χ1) is 19.8. The fourth-order valence-corrected chi connectivity index (χ4v) is 8.06. The zero-order valence-electron chi connectivity index (χ0n) is 22.6. The van der Waals surface area contributed by atoms with E-state index in [4.69, 9.17) is 4.74 Å².